The van der Waals surface area contributed by atoms with Crippen molar-refractivity contribution >= 4 is 11.8 Å². The molecule has 0 heterocycles. The first-order valence-corrected chi connectivity index (χ1v) is 11.4. The van der Waals surface area contributed by atoms with Gasteiger partial charge in [-0.3, -0.25) is 4.79 Å². The maximum Gasteiger partial charge on any atom is 0.335 e. The number of esters is 1. The Morgan fingerprint density at radius 3 is 2.00 bits per heavy atom. The average Bonchev–Trinajstić information content (AvgIpc) is 2.66. The van der Waals surface area contributed by atoms with E-state index in [2.05, 4.69) is 20.8 Å². The van der Waals surface area contributed by atoms with Gasteiger partial charge in [-0.05, 0) is 38.5 Å². The highest BCUT2D eigenvalue weighted by molar-refractivity contribution is 5.81. The van der Waals surface area contributed by atoms with E-state index in [1.54, 1.807) is 0 Å². The van der Waals surface area contributed by atoms with E-state index in [9.17, 15) is 9.59 Å². The van der Waals surface area contributed by atoms with Crippen molar-refractivity contribution in [1.29, 1.82) is 0 Å². The summed E-state index contributed by atoms with van der Waals surface area (Å²) in [5.74, 6) is 0.148. The van der Waals surface area contributed by atoms with Gasteiger partial charge in [0.25, 0.3) is 0 Å². The molecular formula is C23H44O4. The highest BCUT2D eigenvalue weighted by Crippen LogP contribution is 2.21. The fourth-order valence-corrected chi connectivity index (χ4v) is 3.17. The predicted molar refractivity (Wildman–Crippen MR) is 112 cm³/mol. The third-order valence-electron chi connectivity index (χ3n) is 4.96. The van der Waals surface area contributed by atoms with Gasteiger partial charge in [0.15, 0.2) is 6.10 Å². The molecule has 0 aliphatic rings. The van der Waals surface area contributed by atoms with Crippen LogP contribution in [0, 0.1) is 5.92 Å². The Balaban J connectivity index is 4.68. The van der Waals surface area contributed by atoms with Crippen LogP contribution in [0.1, 0.15) is 111 Å². The van der Waals surface area contributed by atoms with Crippen molar-refractivity contribution in [2.75, 3.05) is 13.2 Å². The molecule has 4 heteroatoms. The average molecular weight is 385 g/mol. The topological polar surface area (TPSA) is 52.6 Å². The van der Waals surface area contributed by atoms with Crippen LogP contribution in [0.2, 0.25) is 0 Å². The molecule has 0 aliphatic heterocycles. The van der Waals surface area contributed by atoms with Crippen LogP contribution < -0.4 is 0 Å². The van der Waals surface area contributed by atoms with Gasteiger partial charge in [-0.25, -0.2) is 4.79 Å². The fourth-order valence-electron chi connectivity index (χ4n) is 3.17. The molecule has 0 saturated heterocycles. The van der Waals surface area contributed by atoms with Crippen molar-refractivity contribution in [3.05, 3.63) is 0 Å². The lowest BCUT2D eigenvalue weighted by Crippen LogP contribution is -2.29. The Morgan fingerprint density at radius 2 is 1.37 bits per heavy atom. The maximum atomic E-state index is 12.5. The summed E-state index contributed by atoms with van der Waals surface area (Å²) in [5.41, 5.74) is 0. The van der Waals surface area contributed by atoms with Crippen LogP contribution in [-0.4, -0.2) is 31.1 Å². The maximum absolute atomic E-state index is 12.5. The summed E-state index contributed by atoms with van der Waals surface area (Å²) in [6.45, 7) is 9.49. The Hall–Kier alpha value is -0.900. The minimum absolute atomic E-state index is 0.0571. The van der Waals surface area contributed by atoms with Crippen molar-refractivity contribution in [3.63, 3.8) is 0 Å². The first kappa shape index (κ1) is 26.1. The lowest BCUT2D eigenvalue weighted by atomic mass is 9.89. The standard InChI is InChI=1S/C23H44O4/c1-5-9-12-15-20(21(24)14-8-4)16-17-22(26-19-13-10-6-2)23(25)27-18-11-7-3/h20,22H,5-19H2,1-4H3. The predicted octanol–water partition coefficient (Wildman–Crippen LogP) is 6.25. The lowest BCUT2D eigenvalue weighted by molar-refractivity contribution is -0.158. The molecule has 160 valence electrons. The molecule has 0 aromatic carbocycles. The number of hydrogen-bond acceptors (Lipinski definition) is 4. The Bertz CT molecular complexity index is 367. The minimum atomic E-state index is -0.526. The lowest BCUT2D eigenvalue weighted by Gasteiger charge is -2.20. The smallest absolute Gasteiger partial charge is 0.335 e. The number of ketones is 1. The Labute approximate surface area is 167 Å². The molecule has 2 atom stereocenters. The normalized spacial score (nSPS) is 13.3. The molecule has 0 saturated carbocycles. The summed E-state index contributed by atoms with van der Waals surface area (Å²) in [6.07, 6.45) is 11.7. The second-order valence-electron chi connectivity index (χ2n) is 7.57. The van der Waals surface area contributed by atoms with E-state index in [0.717, 1.165) is 70.6 Å². The van der Waals surface area contributed by atoms with E-state index in [0.29, 0.717) is 31.8 Å². The van der Waals surface area contributed by atoms with Crippen molar-refractivity contribution in [2.24, 2.45) is 5.92 Å². The third kappa shape index (κ3) is 13.8. The zero-order valence-electron chi connectivity index (χ0n) is 18.4. The van der Waals surface area contributed by atoms with Gasteiger partial charge in [0.2, 0.25) is 0 Å². The number of rotatable bonds is 19. The SMILES string of the molecule is CCCCCOC(CCC(CCCCC)C(=O)CCC)C(=O)OCCCC. The number of unbranched alkanes of at least 4 members (excludes halogenated alkanes) is 5. The van der Waals surface area contributed by atoms with Gasteiger partial charge in [0.05, 0.1) is 6.61 Å². The first-order chi connectivity index (χ1) is 13.1. The molecule has 0 N–H and O–H groups in total. The molecule has 0 bridgehead atoms. The van der Waals surface area contributed by atoms with E-state index >= 15 is 0 Å². The van der Waals surface area contributed by atoms with Crippen molar-refractivity contribution in [1.82, 2.24) is 0 Å². The molecule has 0 aromatic rings. The van der Waals surface area contributed by atoms with Gasteiger partial charge in [-0.2, -0.15) is 0 Å². The van der Waals surface area contributed by atoms with E-state index in [-0.39, 0.29) is 11.9 Å². The molecule has 0 amide bonds. The summed E-state index contributed by atoms with van der Waals surface area (Å²) in [5, 5.41) is 0. The minimum Gasteiger partial charge on any atom is -0.464 e. The molecule has 27 heavy (non-hydrogen) atoms. The number of Topliss-reactive ketones (excluding diaryl/α,β-unsaturated/α-hetero) is 1. The summed E-state index contributed by atoms with van der Waals surface area (Å²) in [4.78, 5) is 24.9. The van der Waals surface area contributed by atoms with E-state index < -0.39 is 6.10 Å². The quantitative estimate of drug-likeness (QED) is 0.195. The van der Waals surface area contributed by atoms with Gasteiger partial charge in [-0.1, -0.05) is 66.2 Å². The zero-order valence-corrected chi connectivity index (χ0v) is 18.4. The Kier molecular flexibility index (Phi) is 17.8. The van der Waals surface area contributed by atoms with E-state index in [1.807, 2.05) is 6.92 Å². The molecule has 0 aliphatic carbocycles. The van der Waals surface area contributed by atoms with E-state index in [1.165, 1.54) is 0 Å². The van der Waals surface area contributed by atoms with Crippen LogP contribution in [0.5, 0.6) is 0 Å². The summed E-state index contributed by atoms with van der Waals surface area (Å²) in [7, 11) is 0. The number of carbonyl (C=O) groups is 2. The summed E-state index contributed by atoms with van der Waals surface area (Å²) >= 11 is 0. The number of ether oxygens (including phenoxy) is 2. The molecule has 0 spiro atoms. The number of hydrogen-bond donors (Lipinski definition) is 0. The van der Waals surface area contributed by atoms with Crippen LogP contribution >= 0.6 is 0 Å². The molecule has 2 unspecified atom stereocenters. The van der Waals surface area contributed by atoms with Crippen LogP contribution in [0.4, 0.5) is 0 Å². The van der Waals surface area contributed by atoms with Gasteiger partial charge in [-0.15, -0.1) is 0 Å². The first-order valence-electron chi connectivity index (χ1n) is 11.4. The van der Waals surface area contributed by atoms with Gasteiger partial charge >= 0.3 is 5.97 Å². The van der Waals surface area contributed by atoms with Gasteiger partial charge < -0.3 is 9.47 Å². The largest absolute Gasteiger partial charge is 0.464 e. The van der Waals surface area contributed by atoms with Crippen molar-refractivity contribution < 1.29 is 19.1 Å². The van der Waals surface area contributed by atoms with Crippen LogP contribution in [0.3, 0.4) is 0 Å². The summed E-state index contributed by atoms with van der Waals surface area (Å²) in [6, 6.07) is 0. The fraction of sp³-hybridized carbons (Fsp3) is 0.913. The van der Waals surface area contributed by atoms with Crippen LogP contribution in [0.15, 0.2) is 0 Å². The Morgan fingerprint density at radius 1 is 0.704 bits per heavy atom. The number of carbonyl (C=O) groups excluding carboxylic acids is 2. The van der Waals surface area contributed by atoms with Crippen LogP contribution in [0.25, 0.3) is 0 Å². The molecule has 0 rings (SSSR count). The van der Waals surface area contributed by atoms with E-state index in [4.69, 9.17) is 9.47 Å². The zero-order chi connectivity index (χ0) is 20.3. The second kappa shape index (κ2) is 18.5. The second-order valence-corrected chi connectivity index (χ2v) is 7.57. The van der Waals surface area contributed by atoms with Gasteiger partial charge in [0, 0.05) is 18.9 Å². The third-order valence-corrected chi connectivity index (χ3v) is 4.96. The molecule has 0 fully saturated rings. The van der Waals surface area contributed by atoms with Gasteiger partial charge in [0.1, 0.15) is 5.78 Å². The highest BCUT2D eigenvalue weighted by Gasteiger charge is 2.25. The monoisotopic (exact) mass is 384 g/mol. The molecule has 4 nitrogen and oxygen atoms in total. The molecule has 0 aromatic heterocycles. The van der Waals surface area contributed by atoms with Crippen molar-refractivity contribution in [3.8, 4) is 0 Å². The van der Waals surface area contributed by atoms with Crippen LogP contribution in [-0.2, 0) is 19.1 Å². The molecular weight excluding hydrogens is 340 g/mol. The highest BCUT2D eigenvalue weighted by atomic mass is 16.6. The summed E-state index contributed by atoms with van der Waals surface area (Å²) < 4.78 is 11.3. The van der Waals surface area contributed by atoms with Crippen molar-refractivity contribution in [2.45, 2.75) is 117 Å². The molecule has 0 radical (unpaired) electrons.